The highest BCUT2D eigenvalue weighted by molar-refractivity contribution is 5.45. The van der Waals surface area contributed by atoms with Crippen LogP contribution in [-0.2, 0) is 6.61 Å². The van der Waals surface area contributed by atoms with Crippen molar-refractivity contribution in [1.29, 1.82) is 0 Å². The van der Waals surface area contributed by atoms with Crippen molar-refractivity contribution in [3.8, 4) is 5.75 Å². The second kappa shape index (κ2) is 8.32. The topological polar surface area (TPSA) is 33.3 Å². The molecule has 2 aromatic carbocycles. The minimum Gasteiger partial charge on any atom is -0.489 e. The number of hydrogen-bond acceptors (Lipinski definition) is 3. The van der Waals surface area contributed by atoms with E-state index in [-0.39, 0.29) is 0 Å². The van der Waals surface area contributed by atoms with Crippen LogP contribution in [0.4, 0.5) is 5.69 Å². The minimum atomic E-state index is 0.597. The number of hydrogen-bond donors (Lipinski definition) is 2. The maximum atomic E-state index is 5.76. The lowest BCUT2D eigenvalue weighted by atomic mass is 10.1. The van der Waals surface area contributed by atoms with Crippen LogP contribution in [0.25, 0.3) is 0 Å². The number of anilines is 1. The molecule has 21 heavy (non-hydrogen) atoms. The van der Waals surface area contributed by atoms with Crippen molar-refractivity contribution in [3.63, 3.8) is 0 Å². The highest BCUT2D eigenvalue weighted by Gasteiger charge is 1.97. The van der Waals surface area contributed by atoms with Gasteiger partial charge in [-0.3, -0.25) is 0 Å². The van der Waals surface area contributed by atoms with Gasteiger partial charge < -0.3 is 10.2 Å². The Morgan fingerprint density at radius 1 is 0.952 bits per heavy atom. The quantitative estimate of drug-likeness (QED) is 0.562. The summed E-state index contributed by atoms with van der Waals surface area (Å²) in [6, 6.07) is 18.2. The number of nitrogens with one attached hydrogen (secondary N) is 2. The Hall–Kier alpha value is -2.00. The molecule has 0 atom stereocenters. The first-order chi connectivity index (χ1) is 10.2. The van der Waals surface area contributed by atoms with Gasteiger partial charge in [-0.1, -0.05) is 44.2 Å². The van der Waals surface area contributed by atoms with Crippen LogP contribution in [-0.4, -0.2) is 6.54 Å². The summed E-state index contributed by atoms with van der Waals surface area (Å²) in [5.41, 5.74) is 8.64. The maximum absolute atomic E-state index is 5.76. The van der Waals surface area contributed by atoms with Gasteiger partial charge in [-0.05, 0) is 42.2 Å². The second-order valence-corrected chi connectivity index (χ2v) is 5.53. The van der Waals surface area contributed by atoms with Crippen LogP contribution in [0.3, 0.4) is 0 Å². The summed E-state index contributed by atoms with van der Waals surface area (Å²) in [7, 11) is 0. The molecule has 2 rings (SSSR count). The van der Waals surface area contributed by atoms with E-state index in [1.54, 1.807) is 0 Å². The standard InChI is InChI=1S/C18H24N2O/c1-15(2)12-13-19-20-17-8-10-18(11-9-17)21-14-16-6-4-3-5-7-16/h3-11,15,19-20H,12-14H2,1-2H3. The smallest absolute Gasteiger partial charge is 0.119 e. The van der Waals surface area contributed by atoms with Crippen LogP contribution in [0.15, 0.2) is 54.6 Å². The van der Waals surface area contributed by atoms with Crippen molar-refractivity contribution in [2.75, 3.05) is 12.0 Å². The van der Waals surface area contributed by atoms with Crippen molar-refractivity contribution in [2.24, 2.45) is 5.92 Å². The van der Waals surface area contributed by atoms with Crippen molar-refractivity contribution in [1.82, 2.24) is 5.43 Å². The molecular formula is C18H24N2O. The van der Waals surface area contributed by atoms with Gasteiger partial charge >= 0.3 is 0 Å². The number of hydrazine groups is 1. The van der Waals surface area contributed by atoms with Crippen molar-refractivity contribution < 1.29 is 4.74 Å². The average molecular weight is 284 g/mol. The van der Waals surface area contributed by atoms with Crippen molar-refractivity contribution >= 4 is 5.69 Å². The fourth-order valence-corrected chi connectivity index (χ4v) is 1.90. The lowest BCUT2D eigenvalue weighted by Gasteiger charge is -2.11. The molecule has 0 fully saturated rings. The van der Waals surface area contributed by atoms with Gasteiger partial charge in [-0.25, -0.2) is 5.43 Å². The van der Waals surface area contributed by atoms with Crippen LogP contribution in [0, 0.1) is 5.92 Å². The number of ether oxygens (including phenoxy) is 1. The predicted octanol–water partition coefficient (Wildman–Crippen LogP) is 4.23. The lowest BCUT2D eigenvalue weighted by Crippen LogP contribution is -2.23. The molecule has 3 heteroatoms. The van der Waals surface area contributed by atoms with E-state index in [9.17, 15) is 0 Å². The molecule has 112 valence electrons. The Morgan fingerprint density at radius 2 is 1.67 bits per heavy atom. The Bertz CT molecular complexity index is 509. The molecule has 0 spiro atoms. The van der Waals surface area contributed by atoms with E-state index in [0.29, 0.717) is 12.5 Å². The zero-order valence-electron chi connectivity index (χ0n) is 12.8. The fraction of sp³-hybridized carbons (Fsp3) is 0.333. The van der Waals surface area contributed by atoms with Gasteiger partial charge in [0.2, 0.25) is 0 Å². The Labute approximate surface area is 127 Å². The molecule has 0 aliphatic carbocycles. The summed E-state index contributed by atoms with van der Waals surface area (Å²) in [6.45, 7) is 6.01. The van der Waals surface area contributed by atoms with E-state index in [2.05, 4.69) is 36.8 Å². The van der Waals surface area contributed by atoms with Gasteiger partial charge in [0, 0.05) is 12.2 Å². The molecule has 0 heterocycles. The second-order valence-electron chi connectivity index (χ2n) is 5.53. The van der Waals surface area contributed by atoms with Crippen LogP contribution in [0.5, 0.6) is 5.75 Å². The largest absolute Gasteiger partial charge is 0.489 e. The summed E-state index contributed by atoms with van der Waals surface area (Å²) in [6.07, 6.45) is 1.16. The molecular weight excluding hydrogens is 260 g/mol. The third-order valence-electron chi connectivity index (χ3n) is 3.18. The molecule has 0 aliphatic rings. The van der Waals surface area contributed by atoms with E-state index in [0.717, 1.165) is 24.4 Å². The molecule has 0 unspecified atom stereocenters. The van der Waals surface area contributed by atoms with Crippen molar-refractivity contribution in [3.05, 3.63) is 60.2 Å². The maximum Gasteiger partial charge on any atom is 0.119 e. The third-order valence-corrected chi connectivity index (χ3v) is 3.18. The van der Waals surface area contributed by atoms with E-state index in [4.69, 9.17) is 4.74 Å². The van der Waals surface area contributed by atoms with E-state index in [1.165, 1.54) is 5.56 Å². The minimum absolute atomic E-state index is 0.597. The van der Waals surface area contributed by atoms with E-state index >= 15 is 0 Å². The number of benzene rings is 2. The summed E-state index contributed by atoms with van der Waals surface area (Å²) in [5, 5.41) is 0. The zero-order valence-corrected chi connectivity index (χ0v) is 12.8. The summed E-state index contributed by atoms with van der Waals surface area (Å²) >= 11 is 0. The highest BCUT2D eigenvalue weighted by atomic mass is 16.5. The molecule has 0 amide bonds. The molecule has 0 aliphatic heterocycles. The SMILES string of the molecule is CC(C)CCNNc1ccc(OCc2ccccc2)cc1. The van der Waals surface area contributed by atoms with Gasteiger partial charge in [0.25, 0.3) is 0 Å². The normalized spacial score (nSPS) is 10.6. The highest BCUT2D eigenvalue weighted by Crippen LogP contribution is 2.16. The van der Waals surface area contributed by atoms with Crippen LogP contribution >= 0.6 is 0 Å². The fourth-order valence-electron chi connectivity index (χ4n) is 1.90. The summed E-state index contributed by atoms with van der Waals surface area (Å²) < 4.78 is 5.76. The van der Waals surface area contributed by atoms with Crippen molar-refractivity contribution in [2.45, 2.75) is 26.9 Å². The summed E-state index contributed by atoms with van der Waals surface area (Å²) in [5.74, 6) is 1.60. The average Bonchev–Trinajstić information content (AvgIpc) is 2.51. The van der Waals surface area contributed by atoms with Crippen LogP contribution in [0.2, 0.25) is 0 Å². The Kier molecular flexibility index (Phi) is 6.10. The van der Waals surface area contributed by atoms with E-state index < -0.39 is 0 Å². The van der Waals surface area contributed by atoms with Crippen LogP contribution in [0.1, 0.15) is 25.8 Å². The molecule has 0 aromatic heterocycles. The Morgan fingerprint density at radius 3 is 2.33 bits per heavy atom. The zero-order chi connectivity index (χ0) is 14.9. The van der Waals surface area contributed by atoms with Gasteiger partial charge in [-0.2, -0.15) is 0 Å². The Balaban J connectivity index is 1.74. The molecule has 0 saturated heterocycles. The molecule has 3 nitrogen and oxygen atoms in total. The first-order valence-corrected chi connectivity index (χ1v) is 7.49. The molecule has 0 saturated carbocycles. The lowest BCUT2D eigenvalue weighted by molar-refractivity contribution is 0.306. The third kappa shape index (κ3) is 5.88. The predicted molar refractivity (Wildman–Crippen MR) is 88.3 cm³/mol. The van der Waals surface area contributed by atoms with Crippen LogP contribution < -0.4 is 15.6 Å². The van der Waals surface area contributed by atoms with Gasteiger partial charge in [-0.15, -0.1) is 0 Å². The first kappa shape index (κ1) is 15.4. The molecule has 0 bridgehead atoms. The first-order valence-electron chi connectivity index (χ1n) is 7.49. The molecule has 2 aromatic rings. The monoisotopic (exact) mass is 284 g/mol. The van der Waals surface area contributed by atoms with Gasteiger partial charge in [0.05, 0.1) is 0 Å². The van der Waals surface area contributed by atoms with Gasteiger partial charge in [0.1, 0.15) is 12.4 Å². The number of rotatable bonds is 8. The molecule has 2 N–H and O–H groups in total. The summed E-state index contributed by atoms with van der Waals surface area (Å²) in [4.78, 5) is 0. The van der Waals surface area contributed by atoms with Gasteiger partial charge in [0.15, 0.2) is 0 Å². The van der Waals surface area contributed by atoms with E-state index in [1.807, 2.05) is 42.5 Å². The molecule has 0 radical (unpaired) electrons.